The average molecular weight is 515 g/mol. The fourth-order valence-corrected chi connectivity index (χ4v) is 4.64. The molecule has 0 spiro atoms. The molecule has 1 saturated heterocycles. The van der Waals surface area contributed by atoms with Gasteiger partial charge in [-0.1, -0.05) is 29.5 Å². The van der Waals surface area contributed by atoms with Crippen LogP contribution in [-0.4, -0.2) is 63.8 Å². The minimum atomic E-state index is -4.53. The van der Waals surface area contributed by atoms with E-state index in [1.165, 1.54) is 16.9 Å². The molecule has 0 bridgehead atoms. The molecule has 12 heteroatoms. The van der Waals surface area contributed by atoms with Crippen molar-refractivity contribution >= 4 is 17.7 Å². The number of hydrogen-bond donors (Lipinski definition) is 0. The van der Waals surface area contributed by atoms with Crippen molar-refractivity contribution < 1.29 is 32.2 Å². The standard InChI is InChI=1S/C25H24F3N5O4/c26-25(27,28)16-37-22-14-20(32-12-9-29-30-32)6-5-17(22)13-23(34)31-10-7-19(8-11-31)33-21-4-2-1-3-18(21)15-36-24(33)35/h1-6,9,12,14,19H,7-8,10-11,13,15-16H2. The van der Waals surface area contributed by atoms with Gasteiger partial charge in [0.2, 0.25) is 5.91 Å². The number of benzene rings is 2. The molecule has 1 aromatic heterocycles. The molecule has 0 atom stereocenters. The molecule has 2 aliphatic heterocycles. The van der Waals surface area contributed by atoms with E-state index in [2.05, 4.69) is 10.3 Å². The first-order valence-corrected chi connectivity index (χ1v) is 11.8. The van der Waals surface area contributed by atoms with E-state index < -0.39 is 18.9 Å². The molecule has 2 amide bonds. The second-order valence-electron chi connectivity index (χ2n) is 8.89. The number of nitrogens with zero attached hydrogens (tertiary/aromatic N) is 5. The summed E-state index contributed by atoms with van der Waals surface area (Å²) in [5, 5.41) is 7.54. The summed E-state index contributed by atoms with van der Waals surface area (Å²) in [4.78, 5) is 28.9. The van der Waals surface area contributed by atoms with Crippen molar-refractivity contribution in [2.75, 3.05) is 24.6 Å². The number of hydrogen-bond acceptors (Lipinski definition) is 6. The lowest BCUT2D eigenvalue weighted by atomic mass is 10.00. The Morgan fingerprint density at radius 3 is 2.65 bits per heavy atom. The van der Waals surface area contributed by atoms with Crippen molar-refractivity contribution in [3.05, 3.63) is 66.0 Å². The smallest absolute Gasteiger partial charge is 0.422 e. The second-order valence-corrected chi connectivity index (χ2v) is 8.89. The van der Waals surface area contributed by atoms with E-state index in [1.807, 2.05) is 24.3 Å². The summed E-state index contributed by atoms with van der Waals surface area (Å²) in [7, 11) is 0. The van der Waals surface area contributed by atoms with Crippen LogP contribution in [0.15, 0.2) is 54.9 Å². The number of alkyl halides is 3. The Balaban J connectivity index is 1.26. The van der Waals surface area contributed by atoms with Crippen LogP contribution in [0.25, 0.3) is 5.69 Å². The van der Waals surface area contributed by atoms with Gasteiger partial charge >= 0.3 is 12.3 Å². The number of aromatic nitrogens is 3. The number of cyclic esters (lactones) is 1. The highest BCUT2D eigenvalue weighted by Gasteiger charge is 2.35. The van der Waals surface area contributed by atoms with Crippen LogP contribution in [0.1, 0.15) is 24.0 Å². The highest BCUT2D eigenvalue weighted by molar-refractivity contribution is 5.91. The van der Waals surface area contributed by atoms with Crippen LogP contribution in [0.5, 0.6) is 5.75 Å². The number of carbonyl (C=O) groups is 2. The molecule has 0 aliphatic carbocycles. The molecule has 3 aromatic rings. The summed E-state index contributed by atoms with van der Waals surface area (Å²) in [5.41, 5.74) is 2.55. The molecule has 0 unspecified atom stereocenters. The third-order valence-corrected chi connectivity index (χ3v) is 6.45. The minimum Gasteiger partial charge on any atom is -0.484 e. The predicted octanol–water partition coefficient (Wildman–Crippen LogP) is 3.90. The van der Waals surface area contributed by atoms with Gasteiger partial charge in [-0.2, -0.15) is 13.2 Å². The molecular formula is C25H24F3N5O4. The van der Waals surface area contributed by atoms with E-state index in [0.717, 1.165) is 11.3 Å². The van der Waals surface area contributed by atoms with Crippen molar-refractivity contribution in [1.82, 2.24) is 19.9 Å². The van der Waals surface area contributed by atoms with E-state index in [0.29, 0.717) is 37.2 Å². The zero-order valence-corrected chi connectivity index (χ0v) is 19.7. The van der Waals surface area contributed by atoms with Gasteiger partial charge in [-0.15, -0.1) is 5.10 Å². The van der Waals surface area contributed by atoms with Crippen LogP contribution >= 0.6 is 0 Å². The van der Waals surface area contributed by atoms with Gasteiger partial charge in [0.25, 0.3) is 0 Å². The highest BCUT2D eigenvalue weighted by Crippen LogP contribution is 2.32. The largest absolute Gasteiger partial charge is 0.484 e. The maximum absolute atomic E-state index is 13.1. The Labute approximate surface area is 210 Å². The topological polar surface area (TPSA) is 89.8 Å². The fourth-order valence-electron chi connectivity index (χ4n) is 4.64. The zero-order chi connectivity index (χ0) is 26.0. The third kappa shape index (κ3) is 5.52. The zero-order valence-electron chi connectivity index (χ0n) is 19.7. The Morgan fingerprint density at radius 2 is 1.92 bits per heavy atom. The van der Waals surface area contributed by atoms with Crippen LogP contribution in [0, 0.1) is 0 Å². The maximum Gasteiger partial charge on any atom is 0.422 e. The Kier molecular flexibility index (Phi) is 6.72. The van der Waals surface area contributed by atoms with Crippen molar-refractivity contribution in [1.29, 1.82) is 0 Å². The van der Waals surface area contributed by atoms with Gasteiger partial charge in [-0.05, 0) is 25.0 Å². The van der Waals surface area contributed by atoms with Crippen LogP contribution < -0.4 is 9.64 Å². The normalized spacial score (nSPS) is 16.4. The number of ether oxygens (including phenoxy) is 2. The molecule has 2 aromatic carbocycles. The van der Waals surface area contributed by atoms with E-state index in [1.54, 1.807) is 28.1 Å². The second kappa shape index (κ2) is 10.1. The van der Waals surface area contributed by atoms with Gasteiger partial charge < -0.3 is 14.4 Å². The number of rotatable bonds is 6. The van der Waals surface area contributed by atoms with Gasteiger partial charge in [0.15, 0.2) is 6.61 Å². The molecule has 0 saturated carbocycles. The van der Waals surface area contributed by atoms with Gasteiger partial charge in [-0.3, -0.25) is 9.69 Å². The monoisotopic (exact) mass is 515 g/mol. The lowest BCUT2D eigenvalue weighted by Gasteiger charge is -2.40. The van der Waals surface area contributed by atoms with E-state index in [4.69, 9.17) is 9.47 Å². The van der Waals surface area contributed by atoms with Gasteiger partial charge in [0.05, 0.1) is 30.2 Å². The third-order valence-electron chi connectivity index (χ3n) is 6.45. The summed E-state index contributed by atoms with van der Waals surface area (Å²) < 4.78 is 50.3. The van der Waals surface area contributed by atoms with Crippen LogP contribution in [0.2, 0.25) is 0 Å². The van der Waals surface area contributed by atoms with Gasteiger partial charge in [-0.25, -0.2) is 9.48 Å². The lowest BCUT2D eigenvalue weighted by Crippen LogP contribution is -2.50. The van der Waals surface area contributed by atoms with E-state index >= 15 is 0 Å². The molecule has 0 radical (unpaired) electrons. The maximum atomic E-state index is 13.1. The lowest BCUT2D eigenvalue weighted by molar-refractivity contribution is -0.153. The fraction of sp³-hybridized carbons (Fsp3) is 0.360. The summed E-state index contributed by atoms with van der Waals surface area (Å²) >= 11 is 0. The van der Waals surface area contributed by atoms with Crippen LogP contribution in [0.4, 0.5) is 23.7 Å². The van der Waals surface area contributed by atoms with Crippen LogP contribution in [-0.2, 0) is 22.6 Å². The predicted molar refractivity (Wildman–Crippen MR) is 125 cm³/mol. The number of likely N-dealkylation sites (tertiary alicyclic amines) is 1. The quantitative estimate of drug-likeness (QED) is 0.495. The van der Waals surface area contributed by atoms with Crippen molar-refractivity contribution in [2.24, 2.45) is 0 Å². The minimum absolute atomic E-state index is 0.0405. The number of fused-ring (bicyclic) bond motifs is 1. The Hall–Kier alpha value is -4.09. The summed E-state index contributed by atoms with van der Waals surface area (Å²) in [5.74, 6) is -0.272. The number of anilines is 1. The highest BCUT2D eigenvalue weighted by atomic mass is 19.4. The SMILES string of the molecule is O=C(Cc1ccc(-n2ccnn2)cc1OCC(F)(F)F)N1CCC(N2C(=O)OCc3ccccc32)CC1. The summed E-state index contributed by atoms with van der Waals surface area (Å²) in [6.07, 6.45) is -0.948. The number of halogens is 3. The number of amides is 2. The molecule has 2 aliphatic rings. The Morgan fingerprint density at radius 1 is 1.14 bits per heavy atom. The van der Waals surface area contributed by atoms with E-state index in [-0.39, 0.29) is 30.7 Å². The van der Waals surface area contributed by atoms with Gasteiger partial charge in [0, 0.05) is 36.3 Å². The average Bonchev–Trinajstić information content (AvgIpc) is 3.43. The van der Waals surface area contributed by atoms with Crippen molar-refractivity contribution in [3.8, 4) is 11.4 Å². The van der Waals surface area contributed by atoms with Crippen LogP contribution in [0.3, 0.4) is 0 Å². The molecule has 9 nitrogen and oxygen atoms in total. The van der Waals surface area contributed by atoms with Gasteiger partial charge in [0.1, 0.15) is 12.4 Å². The number of carbonyl (C=O) groups excluding carboxylic acids is 2. The molecule has 5 rings (SSSR count). The van der Waals surface area contributed by atoms with Crippen molar-refractivity contribution in [2.45, 2.75) is 38.1 Å². The Bertz CT molecular complexity index is 1270. The van der Waals surface area contributed by atoms with Crippen molar-refractivity contribution in [3.63, 3.8) is 0 Å². The molecule has 37 heavy (non-hydrogen) atoms. The first-order valence-electron chi connectivity index (χ1n) is 11.8. The molecule has 3 heterocycles. The molecule has 1 fully saturated rings. The first-order chi connectivity index (χ1) is 17.8. The molecule has 194 valence electrons. The molecule has 0 N–H and O–H groups in total. The number of para-hydroxylation sites is 1. The number of piperidine rings is 1. The molecular weight excluding hydrogens is 491 g/mol. The summed E-state index contributed by atoms with van der Waals surface area (Å²) in [6, 6.07) is 12.1. The van der Waals surface area contributed by atoms with E-state index in [9.17, 15) is 22.8 Å². The first kappa shape index (κ1) is 24.6. The summed E-state index contributed by atoms with van der Waals surface area (Å²) in [6.45, 7) is -0.429.